The van der Waals surface area contributed by atoms with Crippen LogP contribution in [0.2, 0.25) is 0 Å². The molecule has 2 aromatic rings. The molecule has 0 aliphatic heterocycles. The molecule has 0 spiro atoms. The molecule has 2 aromatic heterocycles. The summed E-state index contributed by atoms with van der Waals surface area (Å²) in [5.41, 5.74) is 5.09. The van der Waals surface area contributed by atoms with Crippen LogP contribution in [0.25, 0.3) is 0 Å². The Morgan fingerprint density at radius 1 is 1.28 bits per heavy atom. The third-order valence-corrected chi connectivity index (χ3v) is 4.77. The summed E-state index contributed by atoms with van der Waals surface area (Å²) in [7, 11) is 0. The fourth-order valence-electron chi connectivity index (χ4n) is 1.78. The van der Waals surface area contributed by atoms with Gasteiger partial charge in [0.2, 0.25) is 0 Å². The normalized spacial score (nSPS) is 12.9. The predicted octanol–water partition coefficient (Wildman–Crippen LogP) is 2.14. The smallest absolute Gasteiger partial charge is 0.0947 e. The van der Waals surface area contributed by atoms with E-state index < -0.39 is 0 Å². The van der Waals surface area contributed by atoms with Gasteiger partial charge < -0.3 is 0 Å². The summed E-state index contributed by atoms with van der Waals surface area (Å²) in [4.78, 5) is 10.3. The van der Waals surface area contributed by atoms with E-state index in [0.717, 1.165) is 34.2 Å². The third kappa shape index (κ3) is 3.35. The zero-order valence-corrected chi connectivity index (χ0v) is 12.5. The van der Waals surface area contributed by atoms with Gasteiger partial charge in [-0.2, -0.15) is 0 Å². The van der Waals surface area contributed by atoms with Gasteiger partial charge in [-0.1, -0.05) is 0 Å². The lowest BCUT2D eigenvalue weighted by Crippen LogP contribution is -2.38. The molecule has 0 aromatic carbocycles. The number of nitrogens with zero attached hydrogens (tertiary/aromatic N) is 2. The molecule has 1 atom stereocenters. The lowest BCUT2D eigenvalue weighted by atomic mass is 10.1. The van der Waals surface area contributed by atoms with Gasteiger partial charge in [-0.25, -0.2) is 9.97 Å². The average Bonchev–Trinajstić information content (AvgIpc) is 2.85. The molecular weight excluding hydrogens is 264 g/mol. The number of hydrogen-bond donors (Lipinski definition) is 2. The standard InChI is InChI=1S/C12H18N4S2/c1-7-8(2)18-12(14-7)5-10(16-13)4-11-6-17-9(3)15-11/h6,10,16H,4-5,13H2,1-3H3. The highest BCUT2D eigenvalue weighted by Gasteiger charge is 2.13. The molecule has 0 aliphatic carbocycles. The van der Waals surface area contributed by atoms with Crippen LogP contribution in [0.5, 0.6) is 0 Å². The summed E-state index contributed by atoms with van der Waals surface area (Å²) in [6, 6.07) is 0.191. The van der Waals surface area contributed by atoms with E-state index in [4.69, 9.17) is 5.84 Å². The molecule has 4 nitrogen and oxygen atoms in total. The highest BCUT2D eigenvalue weighted by Crippen LogP contribution is 2.19. The van der Waals surface area contributed by atoms with Crippen molar-refractivity contribution < 1.29 is 0 Å². The maximum atomic E-state index is 5.62. The van der Waals surface area contributed by atoms with Crippen molar-refractivity contribution in [1.82, 2.24) is 15.4 Å². The van der Waals surface area contributed by atoms with Crippen molar-refractivity contribution in [2.24, 2.45) is 5.84 Å². The Morgan fingerprint density at radius 3 is 2.56 bits per heavy atom. The molecule has 98 valence electrons. The number of nitrogens with one attached hydrogen (secondary N) is 1. The molecule has 0 saturated heterocycles. The average molecular weight is 282 g/mol. The summed E-state index contributed by atoms with van der Waals surface area (Å²) < 4.78 is 0. The topological polar surface area (TPSA) is 63.8 Å². The van der Waals surface area contributed by atoms with Crippen LogP contribution in [0.15, 0.2) is 5.38 Å². The number of thiazole rings is 2. The van der Waals surface area contributed by atoms with Gasteiger partial charge in [0.1, 0.15) is 0 Å². The van der Waals surface area contributed by atoms with E-state index in [9.17, 15) is 0 Å². The predicted molar refractivity (Wildman–Crippen MR) is 77.0 cm³/mol. The van der Waals surface area contributed by atoms with Gasteiger partial charge in [0, 0.05) is 29.1 Å². The van der Waals surface area contributed by atoms with Gasteiger partial charge in [-0.05, 0) is 20.8 Å². The molecule has 0 fully saturated rings. The molecule has 2 heterocycles. The van der Waals surface area contributed by atoms with E-state index >= 15 is 0 Å². The van der Waals surface area contributed by atoms with Crippen LogP contribution in [-0.2, 0) is 12.8 Å². The van der Waals surface area contributed by atoms with Crippen LogP contribution in [0.3, 0.4) is 0 Å². The van der Waals surface area contributed by atoms with E-state index in [1.54, 1.807) is 22.7 Å². The molecule has 0 bridgehead atoms. The molecule has 2 rings (SSSR count). The quantitative estimate of drug-likeness (QED) is 0.651. The first-order valence-electron chi connectivity index (χ1n) is 5.88. The van der Waals surface area contributed by atoms with Crippen molar-refractivity contribution in [3.8, 4) is 0 Å². The fraction of sp³-hybridized carbons (Fsp3) is 0.500. The van der Waals surface area contributed by atoms with Crippen molar-refractivity contribution in [2.75, 3.05) is 0 Å². The minimum Gasteiger partial charge on any atom is -0.271 e. The second kappa shape index (κ2) is 5.88. The third-order valence-electron chi connectivity index (χ3n) is 2.85. The number of aryl methyl sites for hydroxylation is 3. The number of rotatable bonds is 5. The second-order valence-corrected chi connectivity index (χ2v) is 6.73. The Morgan fingerprint density at radius 2 is 2.06 bits per heavy atom. The van der Waals surface area contributed by atoms with Gasteiger partial charge in [0.05, 0.1) is 21.4 Å². The van der Waals surface area contributed by atoms with Gasteiger partial charge in [-0.3, -0.25) is 11.3 Å². The molecule has 0 radical (unpaired) electrons. The molecule has 0 aliphatic rings. The molecule has 3 N–H and O–H groups in total. The summed E-state index contributed by atoms with van der Waals surface area (Å²) in [6.07, 6.45) is 1.70. The Balaban J connectivity index is 2.01. The highest BCUT2D eigenvalue weighted by atomic mass is 32.1. The maximum Gasteiger partial charge on any atom is 0.0947 e. The summed E-state index contributed by atoms with van der Waals surface area (Å²) in [5.74, 6) is 5.62. The van der Waals surface area contributed by atoms with E-state index in [1.165, 1.54) is 4.88 Å². The Labute approximate surface area is 115 Å². The second-order valence-electron chi connectivity index (χ2n) is 4.38. The van der Waals surface area contributed by atoms with E-state index in [-0.39, 0.29) is 6.04 Å². The molecule has 0 amide bonds. The number of hydrogen-bond acceptors (Lipinski definition) is 6. The van der Waals surface area contributed by atoms with Gasteiger partial charge in [0.15, 0.2) is 0 Å². The zero-order chi connectivity index (χ0) is 13.1. The Bertz CT molecular complexity index is 498. The van der Waals surface area contributed by atoms with Gasteiger partial charge in [-0.15, -0.1) is 22.7 Å². The van der Waals surface area contributed by atoms with E-state index in [1.807, 2.05) is 13.8 Å². The lowest BCUT2D eigenvalue weighted by Gasteiger charge is -2.12. The first-order valence-corrected chi connectivity index (χ1v) is 7.58. The molecule has 1 unspecified atom stereocenters. The van der Waals surface area contributed by atoms with Gasteiger partial charge >= 0.3 is 0 Å². The number of aromatic nitrogens is 2. The Kier molecular flexibility index (Phi) is 4.45. The minimum absolute atomic E-state index is 0.191. The first-order chi connectivity index (χ1) is 8.58. The minimum atomic E-state index is 0.191. The summed E-state index contributed by atoms with van der Waals surface area (Å²) in [5, 5.41) is 4.33. The van der Waals surface area contributed by atoms with E-state index in [0.29, 0.717) is 0 Å². The van der Waals surface area contributed by atoms with Crippen LogP contribution >= 0.6 is 22.7 Å². The zero-order valence-electron chi connectivity index (χ0n) is 10.9. The number of nitrogens with two attached hydrogens (primary N) is 1. The van der Waals surface area contributed by atoms with Crippen molar-refractivity contribution >= 4 is 22.7 Å². The van der Waals surface area contributed by atoms with Crippen LogP contribution < -0.4 is 11.3 Å². The highest BCUT2D eigenvalue weighted by molar-refractivity contribution is 7.11. The first kappa shape index (κ1) is 13.6. The van der Waals surface area contributed by atoms with Crippen molar-refractivity contribution in [3.63, 3.8) is 0 Å². The largest absolute Gasteiger partial charge is 0.271 e. The van der Waals surface area contributed by atoms with Crippen molar-refractivity contribution in [2.45, 2.75) is 39.7 Å². The molecule has 18 heavy (non-hydrogen) atoms. The lowest BCUT2D eigenvalue weighted by molar-refractivity contribution is 0.517. The summed E-state index contributed by atoms with van der Waals surface area (Å²) in [6.45, 7) is 6.17. The van der Waals surface area contributed by atoms with Crippen LogP contribution in [0.4, 0.5) is 0 Å². The molecular formula is C12H18N4S2. The monoisotopic (exact) mass is 282 g/mol. The fourth-order valence-corrected chi connectivity index (χ4v) is 3.42. The maximum absolute atomic E-state index is 5.62. The van der Waals surface area contributed by atoms with Crippen LogP contribution in [0, 0.1) is 20.8 Å². The SMILES string of the molecule is Cc1nc(CC(Cc2nc(C)c(C)s2)NN)cs1. The van der Waals surface area contributed by atoms with Gasteiger partial charge in [0.25, 0.3) is 0 Å². The molecule has 6 heteroatoms. The molecule has 0 saturated carbocycles. The number of hydrazine groups is 1. The summed E-state index contributed by atoms with van der Waals surface area (Å²) >= 11 is 3.43. The van der Waals surface area contributed by atoms with Crippen LogP contribution in [-0.4, -0.2) is 16.0 Å². The van der Waals surface area contributed by atoms with E-state index in [2.05, 4.69) is 27.7 Å². The van der Waals surface area contributed by atoms with Crippen molar-refractivity contribution in [1.29, 1.82) is 0 Å². The van der Waals surface area contributed by atoms with Crippen molar-refractivity contribution in [3.05, 3.63) is 31.7 Å². The Hall–Kier alpha value is -0.820. The van der Waals surface area contributed by atoms with Crippen LogP contribution in [0.1, 0.15) is 26.3 Å².